The van der Waals surface area contributed by atoms with Crippen LogP contribution < -0.4 is 5.19 Å². The Bertz CT molecular complexity index is 416. The monoisotopic (exact) mass is 324 g/mol. The number of aliphatic hydroxyl groups excluding tert-OH is 1. The fourth-order valence-electron chi connectivity index (χ4n) is 2.42. The molecule has 0 fully saturated rings. The maximum Gasteiger partial charge on any atom is 0.0843 e. The van der Waals surface area contributed by atoms with Crippen molar-refractivity contribution in [2.45, 2.75) is 51.4 Å². The van der Waals surface area contributed by atoms with Crippen LogP contribution in [0.2, 0.25) is 19.1 Å². The molecule has 1 rings (SSSR count). The third-order valence-electron chi connectivity index (χ3n) is 4.11. The maximum atomic E-state index is 10.1. The first-order valence-corrected chi connectivity index (χ1v) is 11.7. The van der Waals surface area contributed by atoms with E-state index in [1.54, 1.807) is 0 Å². The molecule has 0 radical (unpaired) electrons. The van der Waals surface area contributed by atoms with Crippen LogP contribution in [0.3, 0.4) is 0 Å². The summed E-state index contributed by atoms with van der Waals surface area (Å²) in [6.07, 6.45) is 7.05. The molecule has 2 atom stereocenters. The molecule has 0 saturated heterocycles. The van der Waals surface area contributed by atoms with E-state index in [0.29, 0.717) is 5.88 Å². The molecule has 1 aromatic carbocycles. The van der Waals surface area contributed by atoms with Crippen molar-refractivity contribution in [2.24, 2.45) is 5.92 Å². The van der Waals surface area contributed by atoms with E-state index < -0.39 is 8.07 Å². The standard InChI is InChI=1S/C18H29ClOSi/c1-16(18(20)13-7-8-14-19)10-9-15-21(2,3)17-11-5-4-6-12-17/h4-6,9-12,16,18,20H,7-8,13-15H2,1-3H3/b10-9+. The molecule has 0 aromatic heterocycles. The topological polar surface area (TPSA) is 20.2 Å². The van der Waals surface area contributed by atoms with Gasteiger partial charge in [0, 0.05) is 5.88 Å². The fraction of sp³-hybridized carbons (Fsp3) is 0.556. The molecule has 3 heteroatoms. The highest BCUT2D eigenvalue weighted by atomic mass is 35.5. The van der Waals surface area contributed by atoms with Gasteiger partial charge in [0.25, 0.3) is 0 Å². The molecule has 2 unspecified atom stereocenters. The third-order valence-corrected chi connectivity index (χ3v) is 7.53. The predicted molar refractivity (Wildman–Crippen MR) is 97.2 cm³/mol. The highest BCUT2D eigenvalue weighted by Gasteiger charge is 2.21. The Morgan fingerprint density at radius 1 is 1.19 bits per heavy atom. The highest BCUT2D eigenvalue weighted by molar-refractivity contribution is 6.90. The summed E-state index contributed by atoms with van der Waals surface area (Å²) in [5, 5.41) is 11.6. The minimum atomic E-state index is -1.40. The van der Waals surface area contributed by atoms with E-state index >= 15 is 0 Å². The first-order chi connectivity index (χ1) is 9.97. The average Bonchev–Trinajstić information content (AvgIpc) is 2.48. The number of allylic oxidation sites excluding steroid dienone is 1. The summed E-state index contributed by atoms with van der Waals surface area (Å²) in [5.74, 6) is 0.911. The molecule has 21 heavy (non-hydrogen) atoms. The van der Waals surface area contributed by atoms with E-state index in [4.69, 9.17) is 11.6 Å². The van der Waals surface area contributed by atoms with Crippen LogP contribution in [0.25, 0.3) is 0 Å². The molecule has 0 saturated carbocycles. The van der Waals surface area contributed by atoms with E-state index in [1.165, 1.54) is 5.19 Å². The summed E-state index contributed by atoms with van der Waals surface area (Å²) in [7, 11) is -1.40. The van der Waals surface area contributed by atoms with Gasteiger partial charge in [0.05, 0.1) is 14.2 Å². The summed E-state index contributed by atoms with van der Waals surface area (Å²) in [6.45, 7) is 6.89. The maximum absolute atomic E-state index is 10.1. The number of halogens is 1. The van der Waals surface area contributed by atoms with Crippen molar-refractivity contribution in [1.29, 1.82) is 0 Å². The first-order valence-electron chi connectivity index (χ1n) is 7.93. The van der Waals surface area contributed by atoms with Gasteiger partial charge in [0.2, 0.25) is 0 Å². The number of rotatable bonds is 9. The Morgan fingerprint density at radius 2 is 1.86 bits per heavy atom. The van der Waals surface area contributed by atoms with Crippen LogP contribution in [-0.4, -0.2) is 25.2 Å². The number of hydrogen-bond acceptors (Lipinski definition) is 1. The summed E-state index contributed by atoms with van der Waals surface area (Å²) < 4.78 is 0. The normalized spacial score (nSPS) is 15.3. The number of benzene rings is 1. The van der Waals surface area contributed by atoms with Gasteiger partial charge in [-0.15, -0.1) is 11.6 Å². The van der Waals surface area contributed by atoms with Crippen molar-refractivity contribution in [2.75, 3.05) is 5.88 Å². The van der Waals surface area contributed by atoms with Crippen molar-refractivity contribution in [3.05, 3.63) is 42.5 Å². The predicted octanol–water partition coefficient (Wildman–Crippen LogP) is 4.56. The quantitative estimate of drug-likeness (QED) is 0.305. The molecule has 118 valence electrons. The molecule has 1 aromatic rings. The minimum Gasteiger partial charge on any atom is -0.393 e. The Balaban J connectivity index is 2.46. The molecular formula is C18H29ClOSi. The van der Waals surface area contributed by atoms with Crippen molar-refractivity contribution in [3.63, 3.8) is 0 Å². The number of unbranched alkanes of at least 4 members (excludes halogenated alkanes) is 1. The molecular weight excluding hydrogens is 296 g/mol. The van der Waals surface area contributed by atoms with E-state index in [-0.39, 0.29) is 12.0 Å². The molecule has 0 heterocycles. The average molecular weight is 325 g/mol. The van der Waals surface area contributed by atoms with Gasteiger partial charge in [-0.25, -0.2) is 0 Å². The van der Waals surface area contributed by atoms with Gasteiger partial charge in [0.15, 0.2) is 0 Å². The summed E-state index contributed by atoms with van der Waals surface area (Å²) >= 11 is 5.67. The van der Waals surface area contributed by atoms with Crippen LogP contribution in [-0.2, 0) is 0 Å². The van der Waals surface area contributed by atoms with Crippen molar-refractivity contribution in [3.8, 4) is 0 Å². The number of alkyl halides is 1. The van der Waals surface area contributed by atoms with Gasteiger partial charge in [-0.2, -0.15) is 0 Å². The van der Waals surface area contributed by atoms with Crippen LogP contribution in [0.1, 0.15) is 26.2 Å². The van der Waals surface area contributed by atoms with Gasteiger partial charge < -0.3 is 5.11 Å². The SMILES string of the molecule is CC(/C=C/C[Si](C)(C)c1ccccc1)C(O)CCCCCl. The van der Waals surface area contributed by atoms with Crippen molar-refractivity contribution in [1.82, 2.24) is 0 Å². The second kappa shape index (κ2) is 9.45. The zero-order chi connectivity index (χ0) is 15.7. The highest BCUT2D eigenvalue weighted by Crippen LogP contribution is 2.15. The second-order valence-corrected chi connectivity index (χ2v) is 11.6. The lowest BCUT2D eigenvalue weighted by molar-refractivity contribution is 0.125. The zero-order valence-electron chi connectivity index (χ0n) is 13.6. The van der Waals surface area contributed by atoms with Crippen molar-refractivity contribution < 1.29 is 5.11 Å². The minimum absolute atomic E-state index is 0.223. The lowest BCUT2D eigenvalue weighted by Crippen LogP contribution is -2.40. The zero-order valence-corrected chi connectivity index (χ0v) is 15.3. The molecule has 0 amide bonds. The van der Waals surface area contributed by atoms with Crippen molar-refractivity contribution >= 4 is 24.9 Å². The van der Waals surface area contributed by atoms with Crippen LogP contribution >= 0.6 is 11.6 Å². The Kier molecular flexibility index (Phi) is 8.31. The summed E-state index contributed by atoms with van der Waals surface area (Å²) in [4.78, 5) is 0. The Labute approximate surface area is 136 Å². The summed E-state index contributed by atoms with van der Waals surface area (Å²) in [5.41, 5.74) is 0. The van der Waals surface area contributed by atoms with E-state index in [1.807, 2.05) is 0 Å². The molecule has 0 aliphatic heterocycles. The number of hydrogen-bond donors (Lipinski definition) is 1. The molecule has 0 spiro atoms. The number of aliphatic hydroxyl groups is 1. The van der Waals surface area contributed by atoms with Gasteiger partial charge in [-0.3, -0.25) is 0 Å². The third kappa shape index (κ3) is 6.81. The lowest BCUT2D eigenvalue weighted by Gasteiger charge is -2.21. The molecule has 0 aliphatic rings. The molecule has 1 nitrogen and oxygen atoms in total. The van der Waals surface area contributed by atoms with Gasteiger partial charge in [-0.05, 0) is 31.2 Å². The molecule has 1 N–H and O–H groups in total. The van der Waals surface area contributed by atoms with E-state index in [2.05, 4.69) is 62.5 Å². The van der Waals surface area contributed by atoms with Gasteiger partial charge in [0.1, 0.15) is 0 Å². The smallest absolute Gasteiger partial charge is 0.0843 e. The molecule has 0 bridgehead atoms. The van der Waals surface area contributed by atoms with Crippen LogP contribution in [0.5, 0.6) is 0 Å². The fourth-order valence-corrected chi connectivity index (χ4v) is 4.67. The van der Waals surface area contributed by atoms with Gasteiger partial charge in [-0.1, -0.05) is 67.7 Å². The van der Waals surface area contributed by atoms with E-state index in [9.17, 15) is 5.11 Å². The van der Waals surface area contributed by atoms with Crippen LogP contribution in [0.15, 0.2) is 42.5 Å². The lowest BCUT2D eigenvalue weighted by atomic mass is 9.99. The van der Waals surface area contributed by atoms with Crippen LogP contribution in [0.4, 0.5) is 0 Å². The van der Waals surface area contributed by atoms with E-state index in [0.717, 1.165) is 25.3 Å². The molecule has 0 aliphatic carbocycles. The Hall–Kier alpha value is -0.573. The van der Waals surface area contributed by atoms with Crippen LogP contribution in [0, 0.1) is 5.92 Å². The van der Waals surface area contributed by atoms with Gasteiger partial charge >= 0.3 is 0 Å². The largest absolute Gasteiger partial charge is 0.393 e. The first kappa shape index (κ1) is 18.5. The second-order valence-electron chi connectivity index (χ2n) is 6.49. The Morgan fingerprint density at radius 3 is 2.48 bits per heavy atom. The summed E-state index contributed by atoms with van der Waals surface area (Å²) in [6, 6.07) is 11.9.